The summed E-state index contributed by atoms with van der Waals surface area (Å²) in [6, 6.07) is 12.7. The molecule has 8 nitrogen and oxygen atoms in total. The molecule has 0 aliphatic carbocycles. The number of hydrogen-bond donors (Lipinski definition) is 2. The van der Waals surface area contributed by atoms with Gasteiger partial charge in [-0.1, -0.05) is 47.7 Å². The summed E-state index contributed by atoms with van der Waals surface area (Å²) >= 11 is 1.33. The second-order valence-corrected chi connectivity index (χ2v) is 7.52. The molecule has 0 bridgehead atoms. The minimum Gasteiger partial charge on any atom is -0.481 e. The molecule has 0 unspecified atom stereocenters. The van der Waals surface area contributed by atoms with E-state index in [1.807, 2.05) is 31.2 Å². The van der Waals surface area contributed by atoms with Crippen molar-refractivity contribution in [1.29, 1.82) is 0 Å². The van der Waals surface area contributed by atoms with E-state index >= 15 is 0 Å². The molecule has 0 spiro atoms. The van der Waals surface area contributed by atoms with E-state index in [0.717, 1.165) is 21.3 Å². The molecule has 0 atom stereocenters. The average Bonchev–Trinajstić information content (AvgIpc) is 3.00. The number of nitrogens with zero attached hydrogens (tertiary/aromatic N) is 4. The molecule has 0 aliphatic heterocycles. The normalized spacial score (nSPS) is 11.2. The predicted molar refractivity (Wildman–Crippen MR) is 108 cm³/mol. The largest absolute Gasteiger partial charge is 0.481 e. The first-order valence-corrected chi connectivity index (χ1v) is 9.72. The molecule has 2 heterocycles. The third-order valence-electron chi connectivity index (χ3n) is 4.45. The summed E-state index contributed by atoms with van der Waals surface area (Å²) in [5, 5.41) is 27.9. The van der Waals surface area contributed by atoms with Gasteiger partial charge in [-0.3, -0.25) is 4.79 Å². The molecule has 0 saturated carbocycles. The van der Waals surface area contributed by atoms with Gasteiger partial charge in [0.15, 0.2) is 5.65 Å². The zero-order valence-electron chi connectivity index (χ0n) is 15.4. The van der Waals surface area contributed by atoms with E-state index < -0.39 is 12.1 Å². The van der Waals surface area contributed by atoms with Gasteiger partial charge in [0.1, 0.15) is 5.52 Å². The van der Waals surface area contributed by atoms with Crippen LogP contribution in [0.1, 0.15) is 16.7 Å². The fourth-order valence-corrected chi connectivity index (χ4v) is 3.85. The van der Waals surface area contributed by atoms with Gasteiger partial charge in [-0.2, -0.15) is 0 Å². The summed E-state index contributed by atoms with van der Waals surface area (Å²) in [5.74, 6) is -0.323. The molecule has 2 N–H and O–H groups in total. The fourth-order valence-electron chi connectivity index (χ4n) is 3.11. The summed E-state index contributed by atoms with van der Waals surface area (Å²) in [6.07, 6.45) is -1.14. The Bertz CT molecular complexity index is 1250. The summed E-state index contributed by atoms with van der Waals surface area (Å²) in [6.45, 7) is 1.93. The lowest BCUT2D eigenvalue weighted by Crippen LogP contribution is -2.08. The molecule has 0 amide bonds. The quantitative estimate of drug-likeness (QED) is 0.480. The van der Waals surface area contributed by atoms with E-state index in [1.165, 1.54) is 11.8 Å². The zero-order valence-corrected chi connectivity index (χ0v) is 16.2. The molecule has 2 aromatic carbocycles. The highest BCUT2D eigenvalue weighted by atomic mass is 32.2. The Morgan fingerprint density at radius 3 is 2.45 bits per heavy atom. The maximum absolute atomic E-state index is 11.8. The van der Waals surface area contributed by atoms with Crippen LogP contribution in [0.5, 0.6) is 0 Å². The van der Waals surface area contributed by atoms with Crippen LogP contribution in [0.3, 0.4) is 0 Å². The van der Waals surface area contributed by atoms with Gasteiger partial charge in [0.2, 0.25) is 5.16 Å². The fraction of sp³-hybridized carbons (Fsp3) is 0.150. The van der Waals surface area contributed by atoms with Crippen LogP contribution in [-0.2, 0) is 17.0 Å². The average molecular weight is 408 g/mol. The van der Waals surface area contributed by atoms with E-state index in [2.05, 4.69) is 15.2 Å². The van der Waals surface area contributed by atoms with Gasteiger partial charge in [0.25, 0.3) is 0 Å². The van der Waals surface area contributed by atoms with E-state index in [-0.39, 0.29) is 12.1 Å². The molecule has 2 aromatic heterocycles. The lowest BCUT2D eigenvalue weighted by Gasteiger charge is -2.03. The van der Waals surface area contributed by atoms with Crippen molar-refractivity contribution in [1.82, 2.24) is 19.7 Å². The Morgan fingerprint density at radius 2 is 1.76 bits per heavy atom. The summed E-state index contributed by atoms with van der Waals surface area (Å²) in [7, 11) is 0. The van der Waals surface area contributed by atoms with E-state index in [9.17, 15) is 14.7 Å². The van der Waals surface area contributed by atoms with Gasteiger partial charge in [-0.05, 0) is 30.2 Å². The number of carbonyl (C=O) groups is 2. The zero-order chi connectivity index (χ0) is 20.5. The first-order valence-electron chi connectivity index (χ1n) is 8.73. The number of rotatable bonds is 5. The van der Waals surface area contributed by atoms with Gasteiger partial charge in [-0.25, -0.2) is 14.3 Å². The molecule has 0 saturated heterocycles. The van der Waals surface area contributed by atoms with Crippen LogP contribution >= 0.6 is 11.8 Å². The van der Waals surface area contributed by atoms with Gasteiger partial charge in [0, 0.05) is 11.1 Å². The van der Waals surface area contributed by atoms with Crippen LogP contribution in [-0.4, -0.2) is 42.0 Å². The lowest BCUT2D eigenvalue weighted by atomic mass is 10.1. The number of benzene rings is 2. The summed E-state index contributed by atoms with van der Waals surface area (Å²) in [5.41, 5.74) is 3.93. The van der Waals surface area contributed by atoms with E-state index in [1.54, 1.807) is 18.2 Å². The van der Waals surface area contributed by atoms with Crippen LogP contribution < -0.4 is 0 Å². The molecule has 4 rings (SSSR count). The van der Waals surface area contributed by atoms with Gasteiger partial charge in [0.05, 0.1) is 11.9 Å². The smallest absolute Gasteiger partial charge is 0.417 e. The minimum atomic E-state index is -1.13. The van der Waals surface area contributed by atoms with Gasteiger partial charge in [-0.15, -0.1) is 10.2 Å². The molecule has 9 heteroatoms. The topological polar surface area (TPSA) is 118 Å². The Balaban J connectivity index is 1.63. The first-order chi connectivity index (χ1) is 13.9. The van der Waals surface area contributed by atoms with Crippen LogP contribution in [0.15, 0.2) is 47.6 Å². The number of aliphatic carboxylic acids is 1. The molecule has 0 aliphatic rings. The number of aryl methyl sites for hydroxylation is 1. The number of hydrogen-bond acceptors (Lipinski definition) is 6. The van der Waals surface area contributed by atoms with E-state index in [4.69, 9.17) is 5.11 Å². The lowest BCUT2D eigenvalue weighted by molar-refractivity contribution is -0.136. The van der Waals surface area contributed by atoms with Crippen molar-refractivity contribution in [3.8, 4) is 0 Å². The Labute approximate surface area is 169 Å². The van der Waals surface area contributed by atoms with Crippen molar-refractivity contribution >= 4 is 45.9 Å². The molecular weight excluding hydrogens is 392 g/mol. The second kappa shape index (κ2) is 7.51. The van der Waals surface area contributed by atoms with E-state index in [0.29, 0.717) is 27.3 Å². The summed E-state index contributed by atoms with van der Waals surface area (Å²) in [4.78, 5) is 27.0. The molecule has 29 heavy (non-hydrogen) atoms. The SMILES string of the molecule is Cc1ccc2c(c1)c1nnc(SCc3ccc(CC(=O)O)cc3)nc1n2C(=O)O. The number of carboxylic acid groups (broad SMARTS) is 2. The van der Waals surface area contributed by atoms with Crippen molar-refractivity contribution in [3.63, 3.8) is 0 Å². The van der Waals surface area contributed by atoms with Crippen LogP contribution in [0.2, 0.25) is 0 Å². The minimum absolute atomic E-state index is 0.0175. The van der Waals surface area contributed by atoms with Crippen LogP contribution in [0, 0.1) is 6.92 Å². The third-order valence-corrected chi connectivity index (χ3v) is 5.36. The van der Waals surface area contributed by atoms with Crippen LogP contribution in [0.25, 0.3) is 22.1 Å². The highest BCUT2D eigenvalue weighted by Gasteiger charge is 2.19. The number of thioether (sulfide) groups is 1. The highest BCUT2D eigenvalue weighted by molar-refractivity contribution is 7.98. The first kappa shape index (κ1) is 18.9. The van der Waals surface area contributed by atoms with Crippen molar-refractivity contribution in [2.75, 3.05) is 0 Å². The highest BCUT2D eigenvalue weighted by Crippen LogP contribution is 2.28. The Kier molecular flexibility index (Phi) is 4.89. The monoisotopic (exact) mass is 408 g/mol. The maximum Gasteiger partial charge on any atom is 0.417 e. The van der Waals surface area contributed by atoms with Crippen molar-refractivity contribution in [2.24, 2.45) is 0 Å². The van der Waals surface area contributed by atoms with Gasteiger partial charge >= 0.3 is 12.1 Å². The van der Waals surface area contributed by atoms with Crippen molar-refractivity contribution in [2.45, 2.75) is 24.3 Å². The van der Waals surface area contributed by atoms with Gasteiger partial charge < -0.3 is 10.2 Å². The van der Waals surface area contributed by atoms with Crippen molar-refractivity contribution < 1.29 is 19.8 Å². The number of carboxylic acids is 1. The third kappa shape index (κ3) is 3.77. The number of aromatic nitrogens is 4. The summed E-state index contributed by atoms with van der Waals surface area (Å²) < 4.78 is 1.13. The molecule has 146 valence electrons. The standard InChI is InChI=1S/C20H16N4O4S/c1-11-2-7-15-14(8-11)17-18(24(15)20(27)28)21-19(23-22-17)29-10-13-5-3-12(4-6-13)9-16(25)26/h2-8H,9-10H2,1H3,(H,25,26)(H,27,28). The molecule has 0 radical (unpaired) electrons. The maximum atomic E-state index is 11.8. The predicted octanol–water partition coefficient (Wildman–Crippen LogP) is 3.73. The van der Waals surface area contributed by atoms with Crippen molar-refractivity contribution in [3.05, 3.63) is 59.2 Å². The molecular formula is C20H16N4O4S. The van der Waals surface area contributed by atoms with Crippen LogP contribution in [0.4, 0.5) is 4.79 Å². The molecule has 0 fully saturated rings. The second-order valence-electron chi connectivity index (χ2n) is 6.58. The Hall–Kier alpha value is -3.46. The number of fused-ring (bicyclic) bond motifs is 3. The molecule has 4 aromatic rings. The Morgan fingerprint density at radius 1 is 1.03 bits per heavy atom.